The number of nitrogens with one attached hydrogen (secondary N) is 1. The van der Waals surface area contributed by atoms with E-state index in [1.807, 2.05) is 29.2 Å². The summed E-state index contributed by atoms with van der Waals surface area (Å²) in [6, 6.07) is 8.33. The Bertz CT molecular complexity index is 516. The van der Waals surface area contributed by atoms with Crippen molar-refractivity contribution in [3.8, 4) is 0 Å². The molecule has 22 heavy (non-hydrogen) atoms. The van der Waals surface area contributed by atoms with Crippen LogP contribution >= 0.6 is 11.6 Å². The minimum absolute atomic E-state index is 0.262. The number of benzene rings is 1. The number of halogens is 1. The molecule has 1 aromatic carbocycles. The monoisotopic (exact) mass is 321 g/mol. The van der Waals surface area contributed by atoms with Crippen molar-refractivity contribution in [2.75, 3.05) is 39.3 Å². The van der Waals surface area contributed by atoms with Gasteiger partial charge in [0.15, 0.2) is 0 Å². The Morgan fingerprint density at radius 1 is 1.23 bits per heavy atom. The third-order valence-corrected chi connectivity index (χ3v) is 5.12. The molecule has 0 saturated carbocycles. The van der Waals surface area contributed by atoms with E-state index in [2.05, 4.69) is 10.2 Å². The number of piperazine rings is 1. The van der Waals surface area contributed by atoms with Crippen LogP contribution in [0.5, 0.6) is 0 Å². The fourth-order valence-corrected chi connectivity index (χ4v) is 3.64. The summed E-state index contributed by atoms with van der Waals surface area (Å²) in [4.78, 5) is 17.0. The van der Waals surface area contributed by atoms with E-state index in [4.69, 9.17) is 11.6 Å². The fraction of sp³-hybridized carbons (Fsp3) is 0.588. The van der Waals surface area contributed by atoms with Gasteiger partial charge in [0.2, 0.25) is 5.91 Å². The normalized spacial score (nSPS) is 23.0. The topological polar surface area (TPSA) is 35.6 Å². The van der Waals surface area contributed by atoms with Gasteiger partial charge in [-0.25, -0.2) is 0 Å². The van der Waals surface area contributed by atoms with Crippen LogP contribution in [0.15, 0.2) is 24.3 Å². The summed E-state index contributed by atoms with van der Waals surface area (Å²) >= 11 is 6.15. The molecule has 120 valence electrons. The van der Waals surface area contributed by atoms with Crippen LogP contribution in [0.25, 0.3) is 0 Å². The van der Waals surface area contributed by atoms with Crippen molar-refractivity contribution in [1.29, 1.82) is 0 Å². The molecule has 2 saturated heterocycles. The van der Waals surface area contributed by atoms with Crippen LogP contribution in [0.1, 0.15) is 18.4 Å². The molecule has 0 bridgehead atoms. The number of carbonyl (C=O) groups is 1. The first-order valence-corrected chi connectivity index (χ1v) is 8.58. The number of carbonyl (C=O) groups excluding carboxylic acids is 1. The zero-order valence-electron chi connectivity index (χ0n) is 12.9. The second kappa shape index (κ2) is 7.44. The highest BCUT2D eigenvalue weighted by Gasteiger charge is 2.30. The van der Waals surface area contributed by atoms with Crippen LogP contribution in [-0.4, -0.2) is 61.0 Å². The van der Waals surface area contributed by atoms with Crippen molar-refractivity contribution < 1.29 is 4.79 Å². The Morgan fingerprint density at radius 2 is 2.00 bits per heavy atom. The largest absolute Gasteiger partial charge is 0.341 e. The first kappa shape index (κ1) is 15.8. The lowest BCUT2D eigenvalue weighted by molar-refractivity contribution is -0.130. The first-order chi connectivity index (χ1) is 10.7. The van der Waals surface area contributed by atoms with E-state index in [-0.39, 0.29) is 5.91 Å². The molecule has 1 aromatic rings. The third kappa shape index (κ3) is 3.80. The fourth-order valence-electron chi connectivity index (χ4n) is 3.41. The number of nitrogens with zero attached hydrogens (tertiary/aromatic N) is 2. The summed E-state index contributed by atoms with van der Waals surface area (Å²) < 4.78 is 0. The molecule has 1 atom stereocenters. The van der Waals surface area contributed by atoms with E-state index in [0.29, 0.717) is 12.5 Å². The maximum absolute atomic E-state index is 12.4. The van der Waals surface area contributed by atoms with Gasteiger partial charge < -0.3 is 10.2 Å². The molecule has 2 fully saturated rings. The van der Waals surface area contributed by atoms with E-state index in [9.17, 15) is 4.79 Å². The molecule has 3 rings (SSSR count). The molecular weight excluding hydrogens is 298 g/mol. The molecule has 5 heteroatoms. The Hall–Kier alpha value is -1.10. The van der Waals surface area contributed by atoms with Crippen molar-refractivity contribution in [3.05, 3.63) is 34.9 Å². The van der Waals surface area contributed by atoms with Gasteiger partial charge in [-0.1, -0.05) is 29.8 Å². The van der Waals surface area contributed by atoms with Gasteiger partial charge in [0, 0.05) is 56.8 Å². The van der Waals surface area contributed by atoms with E-state index < -0.39 is 0 Å². The van der Waals surface area contributed by atoms with Crippen molar-refractivity contribution in [2.45, 2.75) is 25.3 Å². The Kier molecular flexibility index (Phi) is 5.34. The molecule has 1 unspecified atom stereocenters. The van der Waals surface area contributed by atoms with Crippen LogP contribution in [-0.2, 0) is 11.2 Å². The Labute approximate surface area is 137 Å². The SMILES string of the molecule is O=C(CCc1ccccc1Cl)N1CCC(N2CCNCC2)C1. The van der Waals surface area contributed by atoms with Crippen LogP contribution in [0.3, 0.4) is 0 Å². The lowest BCUT2D eigenvalue weighted by Gasteiger charge is -2.32. The number of amides is 1. The molecule has 2 heterocycles. The standard InChI is InChI=1S/C17H24ClN3O/c18-16-4-2-1-3-14(16)5-6-17(22)21-10-7-15(13-21)20-11-8-19-9-12-20/h1-4,15,19H,5-13H2. The molecule has 0 aliphatic carbocycles. The highest BCUT2D eigenvalue weighted by atomic mass is 35.5. The van der Waals surface area contributed by atoms with Gasteiger partial charge in [0.05, 0.1) is 0 Å². The van der Waals surface area contributed by atoms with Gasteiger partial charge in [-0.15, -0.1) is 0 Å². The number of aryl methyl sites for hydroxylation is 1. The van der Waals surface area contributed by atoms with E-state index >= 15 is 0 Å². The van der Waals surface area contributed by atoms with Crippen LogP contribution in [0.4, 0.5) is 0 Å². The van der Waals surface area contributed by atoms with Crippen molar-refractivity contribution in [1.82, 2.24) is 15.1 Å². The van der Waals surface area contributed by atoms with Gasteiger partial charge in [-0.3, -0.25) is 9.69 Å². The summed E-state index contributed by atoms with van der Waals surface area (Å²) in [6.07, 6.45) is 2.39. The van der Waals surface area contributed by atoms with Gasteiger partial charge in [-0.05, 0) is 24.5 Å². The smallest absolute Gasteiger partial charge is 0.222 e. The molecule has 2 aliphatic heterocycles. The second-order valence-electron chi connectivity index (χ2n) is 6.16. The maximum Gasteiger partial charge on any atom is 0.222 e. The Balaban J connectivity index is 1.48. The minimum atomic E-state index is 0.262. The Morgan fingerprint density at radius 3 is 2.77 bits per heavy atom. The molecule has 1 amide bonds. The number of likely N-dealkylation sites (tertiary alicyclic amines) is 1. The van der Waals surface area contributed by atoms with Crippen LogP contribution in [0, 0.1) is 0 Å². The van der Waals surface area contributed by atoms with Gasteiger partial charge in [-0.2, -0.15) is 0 Å². The van der Waals surface area contributed by atoms with E-state index in [0.717, 1.165) is 62.7 Å². The predicted octanol–water partition coefficient (Wildman–Crippen LogP) is 1.78. The highest BCUT2D eigenvalue weighted by molar-refractivity contribution is 6.31. The highest BCUT2D eigenvalue weighted by Crippen LogP contribution is 2.20. The summed E-state index contributed by atoms with van der Waals surface area (Å²) in [5.41, 5.74) is 1.07. The lowest BCUT2D eigenvalue weighted by atomic mass is 10.1. The van der Waals surface area contributed by atoms with Gasteiger partial charge >= 0.3 is 0 Å². The first-order valence-electron chi connectivity index (χ1n) is 8.20. The van der Waals surface area contributed by atoms with E-state index in [1.54, 1.807) is 0 Å². The summed E-state index contributed by atoms with van der Waals surface area (Å²) in [6.45, 7) is 6.13. The molecule has 0 aromatic heterocycles. The van der Waals surface area contributed by atoms with Crippen molar-refractivity contribution in [2.24, 2.45) is 0 Å². The second-order valence-corrected chi connectivity index (χ2v) is 6.57. The van der Waals surface area contributed by atoms with Gasteiger partial charge in [0.1, 0.15) is 0 Å². The van der Waals surface area contributed by atoms with Crippen molar-refractivity contribution >= 4 is 17.5 Å². The number of hydrogen-bond donors (Lipinski definition) is 1. The van der Waals surface area contributed by atoms with Crippen LogP contribution in [0.2, 0.25) is 5.02 Å². The molecule has 4 nitrogen and oxygen atoms in total. The average molecular weight is 322 g/mol. The minimum Gasteiger partial charge on any atom is -0.341 e. The van der Waals surface area contributed by atoms with Gasteiger partial charge in [0.25, 0.3) is 0 Å². The lowest BCUT2D eigenvalue weighted by Crippen LogP contribution is -2.49. The third-order valence-electron chi connectivity index (χ3n) is 4.75. The number of hydrogen-bond acceptors (Lipinski definition) is 3. The maximum atomic E-state index is 12.4. The molecule has 0 spiro atoms. The van der Waals surface area contributed by atoms with E-state index in [1.165, 1.54) is 0 Å². The molecule has 1 N–H and O–H groups in total. The summed E-state index contributed by atoms with van der Waals surface area (Å²) in [7, 11) is 0. The predicted molar refractivity (Wildman–Crippen MR) is 89.2 cm³/mol. The molecule has 2 aliphatic rings. The zero-order valence-corrected chi connectivity index (χ0v) is 13.7. The quantitative estimate of drug-likeness (QED) is 0.918. The summed E-state index contributed by atoms with van der Waals surface area (Å²) in [5, 5.41) is 4.14. The van der Waals surface area contributed by atoms with Crippen LogP contribution < -0.4 is 5.32 Å². The molecular formula is C17H24ClN3O. The summed E-state index contributed by atoms with van der Waals surface area (Å²) in [5.74, 6) is 0.262. The zero-order chi connectivity index (χ0) is 15.4. The molecule has 0 radical (unpaired) electrons. The number of rotatable bonds is 4. The van der Waals surface area contributed by atoms with Crippen molar-refractivity contribution in [3.63, 3.8) is 0 Å². The average Bonchev–Trinajstić information content (AvgIpc) is 3.05.